The molecule has 0 amide bonds. The van der Waals surface area contributed by atoms with Crippen molar-refractivity contribution in [3.8, 4) is 0 Å². The first kappa shape index (κ1) is 13.5. The molecule has 1 aromatic carbocycles. The van der Waals surface area contributed by atoms with Gasteiger partial charge in [0.25, 0.3) is 10.2 Å². The summed E-state index contributed by atoms with van der Waals surface area (Å²) in [5.74, 6) is 0. The van der Waals surface area contributed by atoms with Crippen LogP contribution in [-0.2, 0) is 10.2 Å². The fraction of sp³-hybridized carbons (Fsp3) is 0.400. The van der Waals surface area contributed by atoms with Crippen molar-refractivity contribution >= 4 is 31.8 Å². The molecule has 0 aliphatic heterocycles. The predicted octanol–water partition coefficient (Wildman–Crippen LogP) is 2.41. The van der Waals surface area contributed by atoms with Gasteiger partial charge in [0, 0.05) is 10.5 Å². The third kappa shape index (κ3) is 4.11. The summed E-state index contributed by atoms with van der Waals surface area (Å²) in [4.78, 5) is 0. The first-order valence-electron chi connectivity index (χ1n) is 4.86. The van der Waals surface area contributed by atoms with Gasteiger partial charge in [-0.25, -0.2) is 0 Å². The van der Waals surface area contributed by atoms with Crippen LogP contribution < -0.4 is 9.44 Å². The number of aryl methyl sites for hydroxylation is 1. The van der Waals surface area contributed by atoms with Gasteiger partial charge >= 0.3 is 0 Å². The van der Waals surface area contributed by atoms with Crippen LogP contribution in [0.1, 0.15) is 19.4 Å². The highest BCUT2D eigenvalue weighted by Crippen LogP contribution is 2.21. The van der Waals surface area contributed by atoms with Gasteiger partial charge < -0.3 is 0 Å². The molecule has 0 fully saturated rings. The highest BCUT2D eigenvalue weighted by molar-refractivity contribution is 9.10. The van der Waals surface area contributed by atoms with Crippen LogP contribution in [0.5, 0.6) is 0 Å². The first-order chi connectivity index (χ1) is 7.30. The Bertz CT molecular complexity index is 472. The van der Waals surface area contributed by atoms with Gasteiger partial charge in [0.2, 0.25) is 0 Å². The van der Waals surface area contributed by atoms with E-state index in [4.69, 9.17) is 0 Å². The van der Waals surface area contributed by atoms with Crippen LogP contribution in [0.3, 0.4) is 0 Å². The SMILES string of the molecule is Cc1ccc(Br)cc1NS(=O)(=O)NC(C)C. The molecule has 0 saturated carbocycles. The molecular weight excluding hydrogens is 292 g/mol. The maximum Gasteiger partial charge on any atom is 0.299 e. The van der Waals surface area contributed by atoms with Crippen LogP contribution >= 0.6 is 15.9 Å². The minimum atomic E-state index is -3.49. The van der Waals surface area contributed by atoms with Crippen molar-refractivity contribution in [2.45, 2.75) is 26.8 Å². The van der Waals surface area contributed by atoms with Crippen LogP contribution in [0.2, 0.25) is 0 Å². The van der Waals surface area contributed by atoms with Gasteiger partial charge in [0.05, 0.1) is 5.69 Å². The van der Waals surface area contributed by atoms with Crippen molar-refractivity contribution in [2.75, 3.05) is 4.72 Å². The second-order valence-corrected chi connectivity index (χ2v) is 6.20. The molecule has 0 aliphatic carbocycles. The summed E-state index contributed by atoms with van der Waals surface area (Å²) in [6.45, 7) is 5.39. The first-order valence-corrected chi connectivity index (χ1v) is 7.14. The lowest BCUT2D eigenvalue weighted by Crippen LogP contribution is -2.35. The fourth-order valence-corrected chi connectivity index (χ4v) is 2.74. The Hall–Kier alpha value is -0.590. The largest absolute Gasteiger partial charge is 0.299 e. The molecule has 0 bridgehead atoms. The minimum absolute atomic E-state index is 0.134. The van der Waals surface area contributed by atoms with Crippen molar-refractivity contribution in [3.05, 3.63) is 28.2 Å². The molecule has 0 spiro atoms. The average molecular weight is 307 g/mol. The molecule has 1 aromatic rings. The molecule has 0 saturated heterocycles. The number of hydrogen-bond acceptors (Lipinski definition) is 2. The second kappa shape index (κ2) is 5.16. The Labute approximate surface area is 105 Å². The number of nitrogens with one attached hydrogen (secondary N) is 2. The van der Waals surface area contributed by atoms with E-state index < -0.39 is 10.2 Å². The zero-order chi connectivity index (χ0) is 12.3. The number of rotatable bonds is 4. The number of hydrogen-bond donors (Lipinski definition) is 2. The summed E-state index contributed by atoms with van der Waals surface area (Å²) in [5.41, 5.74) is 1.44. The van der Waals surface area contributed by atoms with Crippen molar-refractivity contribution in [3.63, 3.8) is 0 Å². The maximum absolute atomic E-state index is 11.6. The average Bonchev–Trinajstić information content (AvgIpc) is 2.08. The summed E-state index contributed by atoms with van der Waals surface area (Å²) in [6.07, 6.45) is 0. The summed E-state index contributed by atoms with van der Waals surface area (Å²) >= 11 is 3.30. The molecule has 1 rings (SSSR count). The van der Waals surface area contributed by atoms with E-state index in [0.29, 0.717) is 5.69 Å². The number of benzene rings is 1. The third-order valence-electron chi connectivity index (χ3n) is 1.83. The van der Waals surface area contributed by atoms with E-state index in [-0.39, 0.29) is 6.04 Å². The van der Waals surface area contributed by atoms with Gasteiger partial charge in [-0.1, -0.05) is 22.0 Å². The van der Waals surface area contributed by atoms with Gasteiger partial charge in [0.15, 0.2) is 0 Å². The zero-order valence-electron chi connectivity index (χ0n) is 9.41. The Morgan fingerprint density at radius 2 is 1.94 bits per heavy atom. The maximum atomic E-state index is 11.6. The lowest BCUT2D eigenvalue weighted by Gasteiger charge is -2.13. The van der Waals surface area contributed by atoms with Crippen LogP contribution in [0.15, 0.2) is 22.7 Å². The van der Waals surface area contributed by atoms with E-state index in [1.54, 1.807) is 19.9 Å². The van der Waals surface area contributed by atoms with Crippen molar-refractivity contribution < 1.29 is 8.42 Å². The van der Waals surface area contributed by atoms with Gasteiger partial charge in [-0.05, 0) is 38.5 Å². The van der Waals surface area contributed by atoms with Crippen LogP contribution in [-0.4, -0.2) is 14.5 Å². The van der Waals surface area contributed by atoms with Crippen LogP contribution in [0.4, 0.5) is 5.69 Å². The molecule has 0 radical (unpaired) electrons. The van der Waals surface area contributed by atoms with E-state index in [1.807, 2.05) is 19.1 Å². The molecule has 16 heavy (non-hydrogen) atoms. The van der Waals surface area contributed by atoms with E-state index >= 15 is 0 Å². The van der Waals surface area contributed by atoms with Gasteiger partial charge in [-0.15, -0.1) is 0 Å². The molecule has 2 N–H and O–H groups in total. The standard InChI is InChI=1S/C10H15BrN2O2S/c1-7(2)12-16(14,15)13-10-6-9(11)5-4-8(10)3/h4-7,12-13H,1-3H3. The zero-order valence-corrected chi connectivity index (χ0v) is 11.8. The highest BCUT2D eigenvalue weighted by atomic mass is 79.9. The Morgan fingerprint density at radius 3 is 2.50 bits per heavy atom. The molecule has 0 aliphatic rings. The minimum Gasteiger partial charge on any atom is -0.271 e. The summed E-state index contributed by atoms with van der Waals surface area (Å²) < 4.78 is 29.1. The third-order valence-corrected chi connectivity index (χ3v) is 3.60. The smallest absolute Gasteiger partial charge is 0.271 e. The number of halogens is 1. The Balaban J connectivity index is 2.92. The highest BCUT2D eigenvalue weighted by Gasteiger charge is 2.12. The van der Waals surface area contributed by atoms with Crippen molar-refractivity contribution in [1.29, 1.82) is 0 Å². The van der Waals surface area contributed by atoms with Gasteiger partial charge in [0.1, 0.15) is 0 Å². The molecular formula is C10H15BrN2O2S. The summed E-state index contributed by atoms with van der Waals surface area (Å²) in [6, 6.07) is 5.31. The molecule has 6 heteroatoms. The molecule has 0 unspecified atom stereocenters. The molecule has 0 aromatic heterocycles. The van der Waals surface area contributed by atoms with E-state index in [0.717, 1.165) is 10.0 Å². The van der Waals surface area contributed by atoms with Crippen molar-refractivity contribution in [1.82, 2.24) is 4.72 Å². The quantitative estimate of drug-likeness (QED) is 0.897. The van der Waals surface area contributed by atoms with E-state index in [2.05, 4.69) is 25.4 Å². The summed E-state index contributed by atoms with van der Waals surface area (Å²) in [5, 5.41) is 0. The topological polar surface area (TPSA) is 58.2 Å². The van der Waals surface area contributed by atoms with E-state index in [9.17, 15) is 8.42 Å². The molecule has 0 atom stereocenters. The predicted molar refractivity (Wildman–Crippen MR) is 69.7 cm³/mol. The fourth-order valence-electron chi connectivity index (χ4n) is 1.19. The van der Waals surface area contributed by atoms with Crippen LogP contribution in [0, 0.1) is 6.92 Å². The molecule has 0 heterocycles. The monoisotopic (exact) mass is 306 g/mol. The van der Waals surface area contributed by atoms with Gasteiger partial charge in [-0.3, -0.25) is 4.72 Å². The number of anilines is 1. The Kier molecular flexibility index (Phi) is 4.35. The second-order valence-electron chi connectivity index (χ2n) is 3.84. The van der Waals surface area contributed by atoms with E-state index in [1.165, 1.54) is 0 Å². The van der Waals surface area contributed by atoms with Crippen LogP contribution in [0.25, 0.3) is 0 Å². The molecule has 4 nitrogen and oxygen atoms in total. The molecule has 90 valence electrons. The lowest BCUT2D eigenvalue weighted by molar-refractivity contribution is 0.575. The Morgan fingerprint density at radius 1 is 1.31 bits per heavy atom. The van der Waals surface area contributed by atoms with Gasteiger partial charge in [-0.2, -0.15) is 13.1 Å². The lowest BCUT2D eigenvalue weighted by atomic mass is 10.2. The normalized spacial score (nSPS) is 11.8. The van der Waals surface area contributed by atoms with Crippen molar-refractivity contribution in [2.24, 2.45) is 0 Å². The summed E-state index contributed by atoms with van der Waals surface area (Å²) in [7, 11) is -3.49.